The summed E-state index contributed by atoms with van der Waals surface area (Å²) in [6.45, 7) is 3.04. The SMILES string of the molecule is Cc1oc(-c2ccc(-c3ccccc3)cc2)nc1CCOc1ccc(CN2CSC[C@H]2C(=O)O)cc1. The first-order chi connectivity index (χ1) is 17.6. The Bertz CT molecular complexity index is 1300. The zero-order valence-electron chi connectivity index (χ0n) is 20.1. The molecule has 1 aliphatic heterocycles. The molecule has 3 aromatic carbocycles. The highest BCUT2D eigenvalue weighted by molar-refractivity contribution is 7.99. The first kappa shape index (κ1) is 24.2. The van der Waals surface area contributed by atoms with E-state index in [2.05, 4.69) is 24.3 Å². The van der Waals surface area contributed by atoms with E-state index in [0.29, 0.717) is 31.2 Å². The van der Waals surface area contributed by atoms with Crippen molar-refractivity contribution in [1.82, 2.24) is 9.88 Å². The van der Waals surface area contributed by atoms with Crippen molar-refractivity contribution in [3.8, 4) is 28.3 Å². The zero-order valence-corrected chi connectivity index (χ0v) is 20.9. The molecule has 36 heavy (non-hydrogen) atoms. The van der Waals surface area contributed by atoms with Gasteiger partial charge in [0.2, 0.25) is 5.89 Å². The fraction of sp³-hybridized carbons (Fsp3) is 0.241. The molecule has 1 N–H and O–H groups in total. The molecule has 0 radical (unpaired) electrons. The van der Waals surface area contributed by atoms with Crippen molar-refractivity contribution >= 4 is 17.7 Å². The molecule has 1 atom stereocenters. The third kappa shape index (κ3) is 5.64. The second-order valence-electron chi connectivity index (χ2n) is 8.81. The van der Waals surface area contributed by atoms with Gasteiger partial charge >= 0.3 is 5.97 Å². The lowest BCUT2D eigenvalue weighted by Gasteiger charge is -2.20. The van der Waals surface area contributed by atoms with E-state index >= 15 is 0 Å². The summed E-state index contributed by atoms with van der Waals surface area (Å²) in [5.41, 5.74) is 5.25. The van der Waals surface area contributed by atoms with Gasteiger partial charge in [-0.1, -0.05) is 54.6 Å². The first-order valence-corrected chi connectivity index (χ1v) is 13.1. The fourth-order valence-corrected chi connectivity index (χ4v) is 5.46. The van der Waals surface area contributed by atoms with Crippen LogP contribution in [0.25, 0.3) is 22.6 Å². The number of aryl methyl sites for hydroxylation is 1. The van der Waals surface area contributed by atoms with E-state index in [1.54, 1.807) is 11.8 Å². The summed E-state index contributed by atoms with van der Waals surface area (Å²) >= 11 is 1.66. The molecule has 5 rings (SSSR count). The van der Waals surface area contributed by atoms with Crippen LogP contribution in [0.2, 0.25) is 0 Å². The molecule has 184 valence electrons. The van der Waals surface area contributed by atoms with Crippen LogP contribution in [0, 0.1) is 6.92 Å². The fourth-order valence-electron chi connectivity index (χ4n) is 4.27. The second kappa shape index (κ2) is 11.0. The van der Waals surface area contributed by atoms with E-state index in [9.17, 15) is 9.90 Å². The molecule has 1 aromatic heterocycles. The molecule has 2 heterocycles. The van der Waals surface area contributed by atoms with E-state index in [1.807, 2.05) is 66.4 Å². The highest BCUT2D eigenvalue weighted by atomic mass is 32.2. The highest BCUT2D eigenvalue weighted by Gasteiger charge is 2.30. The Hall–Kier alpha value is -3.55. The number of aromatic nitrogens is 1. The second-order valence-corrected chi connectivity index (χ2v) is 9.81. The van der Waals surface area contributed by atoms with E-state index in [-0.39, 0.29) is 0 Å². The number of rotatable bonds is 9. The number of oxazole rings is 1. The average molecular weight is 501 g/mol. The Balaban J connectivity index is 1.15. The Morgan fingerprint density at radius 2 is 1.72 bits per heavy atom. The lowest BCUT2D eigenvalue weighted by atomic mass is 10.0. The molecular formula is C29H28N2O4S. The standard InChI is InChI=1S/C29H28N2O4S/c1-20-26(30-28(35-20)24-11-9-23(10-12-24)22-5-3-2-4-6-22)15-16-34-25-13-7-21(8-14-25)17-31-19-36-18-27(31)29(32)33/h2-14,27H,15-19H2,1H3,(H,32,33)/t27-/m0/s1. The van der Waals surface area contributed by atoms with Gasteiger partial charge in [0, 0.05) is 30.2 Å². The molecule has 1 fully saturated rings. The van der Waals surface area contributed by atoms with E-state index < -0.39 is 12.0 Å². The number of benzene rings is 3. The van der Waals surface area contributed by atoms with Gasteiger partial charge in [-0.25, -0.2) is 4.98 Å². The number of aliphatic carboxylic acids is 1. The average Bonchev–Trinajstić information content (AvgIpc) is 3.52. The minimum Gasteiger partial charge on any atom is -0.493 e. The van der Waals surface area contributed by atoms with Gasteiger partial charge in [-0.05, 0) is 47.9 Å². The molecule has 0 bridgehead atoms. The van der Waals surface area contributed by atoms with Gasteiger partial charge in [0.1, 0.15) is 17.6 Å². The number of thioether (sulfide) groups is 1. The van der Waals surface area contributed by atoms with Crippen LogP contribution in [0.3, 0.4) is 0 Å². The minimum absolute atomic E-state index is 0.414. The molecule has 4 aromatic rings. The number of ether oxygens (including phenoxy) is 1. The highest BCUT2D eigenvalue weighted by Crippen LogP contribution is 2.27. The van der Waals surface area contributed by atoms with Crippen LogP contribution in [0.5, 0.6) is 5.75 Å². The van der Waals surface area contributed by atoms with Crippen molar-refractivity contribution in [2.45, 2.75) is 25.9 Å². The smallest absolute Gasteiger partial charge is 0.321 e. The lowest BCUT2D eigenvalue weighted by molar-refractivity contribution is -0.141. The third-order valence-corrected chi connectivity index (χ3v) is 7.37. The minimum atomic E-state index is -0.754. The van der Waals surface area contributed by atoms with Crippen molar-refractivity contribution in [1.29, 1.82) is 0 Å². The van der Waals surface area contributed by atoms with Crippen LogP contribution >= 0.6 is 11.8 Å². The molecule has 0 aliphatic carbocycles. The van der Waals surface area contributed by atoms with Gasteiger partial charge in [-0.2, -0.15) is 0 Å². The maximum atomic E-state index is 11.4. The lowest BCUT2D eigenvalue weighted by Crippen LogP contribution is -2.37. The zero-order chi connectivity index (χ0) is 24.9. The summed E-state index contributed by atoms with van der Waals surface area (Å²) in [5.74, 6) is 2.82. The third-order valence-electron chi connectivity index (χ3n) is 6.31. The summed E-state index contributed by atoms with van der Waals surface area (Å²) in [7, 11) is 0. The molecule has 1 saturated heterocycles. The van der Waals surface area contributed by atoms with Crippen molar-refractivity contribution in [3.63, 3.8) is 0 Å². The van der Waals surface area contributed by atoms with Gasteiger partial charge in [0.15, 0.2) is 0 Å². The largest absolute Gasteiger partial charge is 0.493 e. The van der Waals surface area contributed by atoms with Gasteiger partial charge in [-0.3, -0.25) is 9.69 Å². The van der Waals surface area contributed by atoms with Crippen LogP contribution in [0.1, 0.15) is 17.0 Å². The Kier molecular flexibility index (Phi) is 7.39. The molecule has 0 spiro atoms. The number of carbonyl (C=O) groups is 1. The monoisotopic (exact) mass is 500 g/mol. The van der Waals surface area contributed by atoms with Gasteiger partial charge in [-0.15, -0.1) is 11.8 Å². The van der Waals surface area contributed by atoms with E-state index in [4.69, 9.17) is 14.1 Å². The predicted octanol–water partition coefficient (Wildman–Crippen LogP) is 5.90. The number of hydrogen-bond donors (Lipinski definition) is 1. The topological polar surface area (TPSA) is 75.8 Å². The number of carboxylic acids is 1. The number of hydrogen-bond acceptors (Lipinski definition) is 6. The summed E-state index contributed by atoms with van der Waals surface area (Å²) in [4.78, 5) is 18.1. The molecule has 0 saturated carbocycles. The molecule has 6 nitrogen and oxygen atoms in total. The summed E-state index contributed by atoms with van der Waals surface area (Å²) in [6.07, 6.45) is 0.643. The number of carboxylic acid groups (broad SMARTS) is 1. The van der Waals surface area contributed by atoms with Crippen LogP contribution < -0.4 is 4.74 Å². The number of nitrogens with zero attached hydrogens (tertiary/aromatic N) is 2. The van der Waals surface area contributed by atoms with E-state index in [0.717, 1.165) is 39.8 Å². The molecule has 1 aliphatic rings. The van der Waals surface area contributed by atoms with Gasteiger partial charge in [0.25, 0.3) is 0 Å². The molecule has 0 unspecified atom stereocenters. The molecular weight excluding hydrogens is 472 g/mol. The van der Waals surface area contributed by atoms with Crippen LogP contribution in [-0.2, 0) is 17.8 Å². The summed E-state index contributed by atoms with van der Waals surface area (Å²) in [6, 6.07) is 26.0. The summed E-state index contributed by atoms with van der Waals surface area (Å²) in [5, 5.41) is 9.35. The van der Waals surface area contributed by atoms with Crippen LogP contribution in [0.4, 0.5) is 0 Å². The van der Waals surface area contributed by atoms with Crippen LogP contribution in [0.15, 0.2) is 83.3 Å². The van der Waals surface area contributed by atoms with Gasteiger partial charge in [0.05, 0.1) is 12.3 Å². The van der Waals surface area contributed by atoms with E-state index in [1.165, 1.54) is 5.56 Å². The van der Waals surface area contributed by atoms with Gasteiger partial charge < -0.3 is 14.3 Å². The quantitative estimate of drug-likeness (QED) is 0.307. The maximum Gasteiger partial charge on any atom is 0.321 e. The van der Waals surface area contributed by atoms with Crippen molar-refractivity contribution in [2.24, 2.45) is 0 Å². The Morgan fingerprint density at radius 3 is 2.44 bits per heavy atom. The Labute approximate surface area is 214 Å². The van der Waals surface area contributed by atoms with Crippen molar-refractivity contribution in [2.75, 3.05) is 18.2 Å². The first-order valence-electron chi connectivity index (χ1n) is 12.0. The summed E-state index contributed by atoms with van der Waals surface area (Å²) < 4.78 is 11.9. The molecule has 0 amide bonds. The Morgan fingerprint density at radius 1 is 1.03 bits per heavy atom. The predicted molar refractivity (Wildman–Crippen MR) is 142 cm³/mol. The van der Waals surface area contributed by atoms with Crippen molar-refractivity contribution < 1.29 is 19.1 Å². The van der Waals surface area contributed by atoms with Crippen LogP contribution in [-0.4, -0.2) is 45.2 Å². The maximum absolute atomic E-state index is 11.4. The molecule has 7 heteroatoms. The van der Waals surface area contributed by atoms with Crippen molar-refractivity contribution in [3.05, 3.63) is 95.9 Å². The normalized spacial score (nSPS) is 15.8.